The summed E-state index contributed by atoms with van der Waals surface area (Å²) in [6.07, 6.45) is -7.54. The maximum Gasteiger partial charge on any atom is 0.419 e. The number of ether oxygens (including phenoxy) is 1. The number of fused-ring (bicyclic) bond motifs is 3. The molecule has 0 bridgehead atoms. The zero-order valence-corrected chi connectivity index (χ0v) is 28.2. The fourth-order valence-corrected chi connectivity index (χ4v) is 8.47. The van der Waals surface area contributed by atoms with E-state index in [4.69, 9.17) is 10.5 Å². The molecule has 7 rings (SSSR count). The summed E-state index contributed by atoms with van der Waals surface area (Å²) in [6, 6.07) is 6.54. The maximum absolute atomic E-state index is 15.5. The normalized spacial score (nSPS) is 19.3. The number of halogens is 8. The van der Waals surface area contributed by atoms with Crippen LogP contribution in [0.3, 0.4) is 0 Å². The lowest BCUT2D eigenvalue weighted by Gasteiger charge is -2.31. The van der Waals surface area contributed by atoms with Gasteiger partial charge in [0.25, 0.3) is 0 Å². The van der Waals surface area contributed by atoms with Gasteiger partial charge in [0.1, 0.15) is 35.5 Å². The molecule has 3 aromatic heterocycles. The molecule has 0 aliphatic carbocycles. The van der Waals surface area contributed by atoms with Crippen LogP contribution in [0.25, 0.3) is 32.1 Å². The van der Waals surface area contributed by atoms with Crippen molar-refractivity contribution in [1.82, 2.24) is 19.9 Å². The van der Waals surface area contributed by atoms with Gasteiger partial charge in [0.15, 0.2) is 0 Å². The topological polar surface area (TPSA) is 104 Å². The van der Waals surface area contributed by atoms with Crippen LogP contribution in [0.5, 0.6) is 6.01 Å². The summed E-state index contributed by atoms with van der Waals surface area (Å²) in [5.74, 6) is -1.25. The molecular weight excluding hydrogens is 718 g/mol. The average molecular weight is 748 g/mol. The number of hydrogen-bond donors (Lipinski definition) is 1. The number of nitrogen functional groups attached to an aromatic ring is 1. The van der Waals surface area contributed by atoms with Crippen molar-refractivity contribution >= 4 is 43.1 Å². The number of pyridine rings is 1. The molecule has 2 aromatic carbocycles. The second-order valence-electron chi connectivity index (χ2n) is 12.9. The first-order valence-electron chi connectivity index (χ1n) is 16.2. The molecule has 2 saturated heterocycles. The van der Waals surface area contributed by atoms with Crippen molar-refractivity contribution in [2.75, 3.05) is 36.9 Å². The van der Waals surface area contributed by atoms with Crippen LogP contribution in [0.1, 0.15) is 48.4 Å². The van der Waals surface area contributed by atoms with Crippen molar-refractivity contribution in [3.05, 3.63) is 70.8 Å². The predicted molar refractivity (Wildman–Crippen MR) is 179 cm³/mol. The van der Waals surface area contributed by atoms with Crippen molar-refractivity contribution in [1.29, 1.82) is 5.26 Å². The minimum atomic E-state index is -5.49. The Morgan fingerprint density at radius 1 is 1.15 bits per heavy atom. The van der Waals surface area contributed by atoms with E-state index < -0.39 is 80.0 Å². The van der Waals surface area contributed by atoms with Gasteiger partial charge in [0.2, 0.25) is 0 Å². The number of rotatable bonds is 8. The van der Waals surface area contributed by atoms with Gasteiger partial charge in [-0.25, -0.2) is 8.78 Å². The molecular formula is C35H29F8N7OS. The zero-order valence-electron chi connectivity index (χ0n) is 27.4. The van der Waals surface area contributed by atoms with Gasteiger partial charge in [-0.05, 0) is 55.6 Å². The van der Waals surface area contributed by atoms with Crippen LogP contribution >= 0.6 is 11.3 Å². The Labute approximate surface area is 295 Å². The minimum absolute atomic E-state index is 0.000111. The first-order chi connectivity index (χ1) is 24.6. The number of nitriles is 1. The highest BCUT2D eigenvalue weighted by molar-refractivity contribution is 7.23. The summed E-state index contributed by atoms with van der Waals surface area (Å²) in [6.45, 7) is 2.36. The second kappa shape index (κ2) is 13.0. The number of anilines is 2. The highest BCUT2D eigenvalue weighted by atomic mass is 32.1. The van der Waals surface area contributed by atoms with E-state index in [-0.39, 0.29) is 48.2 Å². The third kappa shape index (κ3) is 6.11. The van der Waals surface area contributed by atoms with E-state index in [9.17, 15) is 9.65 Å². The Kier molecular flexibility index (Phi) is 8.89. The van der Waals surface area contributed by atoms with Gasteiger partial charge < -0.3 is 15.4 Å². The van der Waals surface area contributed by atoms with E-state index in [1.807, 2.05) is 4.90 Å². The number of hydrogen-bond acceptors (Lipinski definition) is 9. The Bertz CT molecular complexity index is 2220. The molecule has 2 atom stereocenters. The SMILES string of the molecule is CCN(Cc1cccnc1)c1nc(OC[C@@]23CCCN2C[C@H](F)C3)nc2c(C(F)(F)F)c(-c3ccc(F)c4sc(N)c(C#N)c34)c(C(F)(F)F)cc12. The van der Waals surface area contributed by atoms with Gasteiger partial charge in [-0.15, -0.1) is 11.3 Å². The standard InChI is InChI=1S/C35H29F8N7OS/c1-2-49(15-18-5-3-9-46-14-18)31-21-11-23(34(38,39)40)26(20-6-7-24(37)29-25(20)22(13-44)30(45)52-29)27(35(41,42)43)28(21)47-32(48-31)51-17-33-8-4-10-50(33)16-19(36)12-33/h3,5-7,9,11,14,19H,2,4,8,10,12,15-17,45H2,1H3/t19-,33+/m1/s1. The van der Waals surface area contributed by atoms with E-state index in [2.05, 4.69) is 15.0 Å². The number of alkyl halides is 7. The van der Waals surface area contributed by atoms with E-state index in [1.165, 1.54) is 17.3 Å². The number of nitrogens with two attached hydrogens (primary N) is 1. The largest absolute Gasteiger partial charge is 0.461 e. The molecule has 8 nitrogen and oxygen atoms in total. The molecule has 17 heteroatoms. The van der Waals surface area contributed by atoms with Crippen molar-refractivity contribution in [2.45, 2.75) is 56.8 Å². The summed E-state index contributed by atoms with van der Waals surface area (Å²) in [5.41, 5.74) is -1.15. The monoisotopic (exact) mass is 747 g/mol. The quantitative estimate of drug-likeness (QED) is 0.158. The van der Waals surface area contributed by atoms with Crippen LogP contribution in [-0.4, -0.2) is 57.8 Å². The molecule has 0 spiro atoms. The van der Waals surface area contributed by atoms with E-state index in [1.54, 1.807) is 25.1 Å². The first-order valence-corrected chi connectivity index (χ1v) is 17.1. The molecule has 2 aliphatic rings. The molecule has 2 fully saturated rings. The summed E-state index contributed by atoms with van der Waals surface area (Å²) in [4.78, 5) is 16.0. The summed E-state index contributed by atoms with van der Waals surface area (Å²) < 4.78 is 127. The molecule has 52 heavy (non-hydrogen) atoms. The molecule has 272 valence electrons. The van der Waals surface area contributed by atoms with E-state index in [0.717, 1.165) is 18.6 Å². The highest BCUT2D eigenvalue weighted by Gasteiger charge is 2.50. The summed E-state index contributed by atoms with van der Waals surface area (Å²) >= 11 is 0.537. The molecule has 5 heterocycles. The van der Waals surface area contributed by atoms with Crippen LogP contribution in [0.4, 0.5) is 45.9 Å². The van der Waals surface area contributed by atoms with E-state index >= 15 is 30.7 Å². The lowest BCUT2D eigenvalue weighted by molar-refractivity contribution is -0.141. The number of nitrogens with zero attached hydrogens (tertiary/aromatic N) is 6. The van der Waals surface area contributed by atoms with Gasteiger partial charge in [0.05, 0.1) is 32.4 Å². The van der Waals surface area contributed by atoms with Gasteiger partial charge in [-0.1, -0.05) is 12.1 Å². The van der Waals surface area contributed by atoms with Crippen molar-refractivity contribution < 1.29 is 39.9 Å². The van der Waals surface area contributed by atoms with Crippen LogP contribution in [0, 0.1) is 17.1 Å². The van der Waals surface area contributed by atoms with Crippen LogP contribution < -0.4 is 15.4 Å². The molecule has 0 unspecified atom stereocenters. The van der Waals surface area contributed by atoms with Crippen molar-refractivity contribution in [3.8, 4) is 23.2 Å². The Balaban J connectivity index is 1.54. The lowest BCUT2D eigenvalue weighted by Crippen LogP contribution is -2.43. The Hall–Kier alpha value is -4.82. The van der Waals surface area contributed by atoms with Gasteiger partial charge in [-0.3, -0.25) is 9.88 Å². The van der Waals surface area contributed by atoms with Gasteiger partial charge in [-0.2, -0.15) is 41.6 Å². The van der Waals surface area contributed by atoms with Gasteiger partial charge in [0, 0.05) is 54.8 Å². The van der Waals surface area contributed by atoms with E-state index in [0.29, 0.717) is 35.9 Å². The lowest BCUT2D eigenvalue weighted by atomic mass is 9.88. The third-order valence-electron chi connectivity index (χ3n) is 9.75. The third-order valence-corrected chi connectivity index (χ3v) is 10.8. The fraction of sp³-hybridized carbons (Fsp3) is 0.371. The number of benzene rings is 2. The minimum Gasteiger partial charge on any atom is -0.461 e. The van der Waals surface area contributed by atoms with Crippen molar-refractivity contribution in [3.63, 3.8) is 0 Å². The number of aromatic nitrogens is 3. The highest BCUT2D eigenvalue weighted by Crippen LogP contribution is 2.52. The summed E-state index contributed by atoms with van der Waals surface area (Å²) in [5, 5.41) is 8.51. The molecule has 2 aliphatic heterocycles. The smallest absolute Gasteiger partial charge is 0.419 e. The molecule has 0 radical (unpaired) electrons. The molecule has 0 saturated carbocycles. The van der Waals surface area contributed by atoms with Crippen LogP contribution in [0.15, 0.2) is 42.7 Å². The molecule has 5 aromatic rings. The van der Waals surface area contributed by atoms with Crippen LogP contribution in [-0.2, 0) is 18.9 Å². The number of thiophene rings is 1. The zero-order chi connectivity index (χ0) is 37.2. The van der Waals surface area contributed by atoms with Crippen molar-refractivity contribution in [2.24, 2.45) is 0 Å². The molecule has 2 N–H and O–H groups in total. The van der Waals surface area contributed by atoms with Gasteiger partial charge >= 0.3 is 18.4 Å². The first kappa shape index (κ1) is 35.6. The second-order valence-corrected chi connectivity index (χ2v) is 13.9. The molecule has 0 amide bonds. The fourth-order valence-electron chi connectivity index (χ4n) is 7.52. The van der Waals surface area contributed by atoms with Crippen LogP contribution in [0.2, 0.25) is 0 Å². The predicted octanol–water partition coefficient (Wildman–Crippen LogP) is 8.52. The Morgan fingerprint density at radius 2 is 1.94 bits per heavy atom. The Morgan fingerprint density at radius 3 is 2.62 bits per heavy atom. The summed E-state index contributed by atoms with van der Waals surface area (Å²) in [7, 11) is 0. The maximum atomic E-state index is 15.5. The average Bonchev–Trinajstić information content (AvgIpc) is 3.74.